The lowest BCUT2D eigenvalue weighted by Crippen LogP contribution is -2.51. The molecule has 3 N–H and O–H groups in total. The molecule has 0 unspecified atom stereocenters. The summed E-state index contributed by atoms with van der Waals surface area (Å²) in [4.78, 5) is 14.0. The van der Waals surface area contributed by atoms with Crippen LogP contribution in [0.2, 0.25) is 0 Å². The van der Waals surface area contributed by atoms with Gasteiger partial charge in [0.25, 0.3) is 0 Å². The molecular formula is C16H26N4O3S. The zero-order chi connectivity index (χ0) is 17.7. The summed E-state index contributed by atoms with van der Waals surface area (Å²) in [5, 5.41) is 2.59. The number of piperazine rings is 1. The van der Waals surface area contributed by atoms with Gasteiger partial charge < -0.3 is 16.0 Å². The van der Waals surface area contributed by atoms with Crippen molar-refractivity contribution in [3.63, 3.8) is 0 Å². The summed E-state index contributed by atoms with van der Waals surface area (Å²) < 4.78 is 26.2. The number of carbonyl (C=O) groups is 1. The predicted octanol–water partition coefficient (Wildman–Crippen LogP) is -0.0898. The number of nitrogens with two attached hydrogens (primary N) is 1. The summed E-state index contributed by atoms with van der Waals surface area (Å²) in [5.74, 6) is -1.03. The molecule has 24 heavy (non-hydrogen) atoms. The molecule has 7 nitrogen and oxygen atoms in total. The Morgan fingerprint density at radius 1 is 1.29 bits per heavy atom. The summed E-state index contributed by atoms with van der Waals surface area (Å²) in [6, 6.07) is 7.91. The summed E-state index contributed by atoms with van der Waals surface area (Å²) in [7, 11) is -3.60. The van der Waals surface area contributed by atoms with Crippen LogP contribution in [0.4, 0.5) is 5.69 Å². The monoisotopic (exact) mass is 354 g/mol. The Morgan fingerprint density at radius 3 is 2.54 bits per heavy atom. The molecule has 0 spiro atoms. The normalized spacial score (nSPS) is 17.5. The van der Waals surface area contributed by atoms with Gasteiger partial charge in [0.05, 0.1) is 0 Å². The topological polar surface area (TPSA) is 95.7 Å². The van der Waals surface area contributed by atoms with E-state index in [0.29, 0.717) is 26.2 Å². The van der Waals surface area contributed by atoms with Gasteiger partial charge in [0.2, 0.25) is 15.9 Å². The van der Waals surface area contributed by atoms with Crippen LogP contribution in [0.5, 0.6) is 0 Å². The van der Waals surface area contributed by atoms with Crippen LogP contribution in [0.1, 0.15) is 12.5 Å². The summed E-state index contributed by atoms with van der Waals surface area (Å²) in [6.07, 6.45) is 0. The average molecular weight is 354 g/mol. The molecule has 1 heterocycles. The third-order valence-electron chi connectivity index (χ3n) is 4.07. The second kappa shape index (κ2) is 7.96. The van der Waals surface area contributed by atoms with E-state index in [1.165, 1.54) is 9.87 Å². The third-order valence-corrected chi connectivity index (χ3v) is 5.85. The fourth-order valence-electron chi connectivity index (χ4n) is 2.68. The van der Waals surface area contributed by atoms with Crippen molar-refractivity contribution >= 4 is 21.6 Å². The Labute approximate surface area is 143 Å². The lowest BCUT2D eigenvalue weighted by Gasteiger charge is -2.35. The molecule has 1 aliphatic heterocycles. The van der Waals surface area contributed by atoms with Crippen LogP contribution in [-0.2, 0) is 14.8 Å². The SMILES string of the molecule is Cc1cccc(N2CCN(S(=O)(=O)CC(=O)N[C@@H](C)CN)CC2)c1. The third kappa shape index (κ3) is 4.93. The van der Waals surface area contributed by atoms with Crippen LogP contribution in [0.3, 0.4) is 0 Å². The molecule has 1 aromatic rings. The molecule has 0 bridgehead atoms. The van der Waals surface area contributed by atoms with Gasteiger partial charge in [-0.05, 0) is 31.5 Å². The van der Waals surface area contributed by atoms with Gasteiger partial charge in [-0.25, -0.2) is 8.42 Å². The average Bonchev–Trinajstić information content (AvgIpc) is 2.54. The number of hydrogen-bond acceptors (Lipinski definition) is 5. The Hall–Kier alpha value is -1.64. The molecule has 134 valence electrons. The number of rotatable bonds is 6. The molecular weight excluding hydrogens is 328 g/mol. The lowest BCUT2D eigenvalue weighted by molar-refractivity contribution is -0.119. The predicted molar refractivity (Wildman–Crippen MR) is 95.4 cm³/mol. The maximum absolute atomic E-state index is 12.4. The van der Waals surface area contributed by atoms with Crippen LogP contribution in [0.15, 0.2) is 24.3 Å². The van der Waals surface area contributed by atoms with Crippen LogP contribution in [-0.4, -0.2) is 63.1 Å². The standard InChI is InChI=1S/C16H26N4O3S/c1-13-4-3-5-15(10-13)19-6-8-20(9-7-19)24(22,23)12-16(21)18-14(2)11-17/h3-5,10,14H,6-9,11-12,17H2,1-2H3,(H,18,21)/t14-/m0/s1. The molecule has 0 saturated carbocycles. The molecule has 1 fully saturated rings. The highest BCUT2D eigenvalue weighted by molar-refractivity contribution is 7.89. The van der Waals surface area contributed by atoms with Crippen molar-refractivity contribution in [2.45, 2.75) is 19.9 Å². The Morgan fingerprint density at radius 2 is 1.96 bits per heavy atom. The maximum atomic E-state index is 12.4. The first-order valence-corrected chi connectivity index (χ1v) is 9.71. The van der Waals surface area contributed by atoms with Crippen molar-refractivity contribution in [1.29, 1.82) is 0 Å². The second-order valence-electron chi connectivity index (χ2n) is 6.19. The van der Waals surface area contributed by atoms with Crippen LogP contribution in [0.25, 0.3) is 0 Å². The molecule has 8 heteroatoms. The minimum Gasteiger partial charge on any atom is -0.369 e. The van der Waals surface area contributed by atoms with Gasteiger partial charge in [0.1, 0.15) is 5.75 Å². The first-order valence-electron chi connectivity index (χ1n) is 8.10. The number of amides is 1. The van der Waals surface area contributed by atoms with E-state index < -0.39 is 21.7 Å². The summed E-state index contributed by atoms with van der Waals surface area (Å²) >= 11 is 0. The minimum absolute atomic E-state index is 0.231. The van der Waals surface area contributed by atoms with E-state index in [9.17, 15) is 13.2 Å². The summed E-state index contributed by atoms with van der Waals surface area (Å²) in [6.45, 7) is 6.05. The number of nitrogens with one attached hydrogen (secondary N) is 1. The van der Waals surface area contributed by atoms with E-state index in [4.69, 9.17) is 5.73 Å². The Balaban J connectivity index is 1.92. The fraction of sp³-hybridized carbons (Fsp3) is 0.562. The van der Waals surface area contributed by atoms with E-state index in [1.807, 2.05) is 25.1 Å². The van der Waals surface area contributed by atoms with E-state index in [-0.39, 0.29) is 12.6 Å². The fourth-order valence-corrected chi connectivity index (χ4v) is 4.00. The first kappa shape index (κ1) is 18.7. The number of carbonyl (C=O) groups excluding carboxylic acids is 1. The molecule has 1 atom stereocenters. The molecule has 1 saturated heterocycles. The van der Waals surface area contributed by atoms with Crippen molar-refractivity contribution < 1.29 is 13.2 Å². The Kier molecular flexibility index (Phi) is 6.20. The first-order chi connectivity index (χ1) is 11.3. The number of benzene rings is 1. The van der Waals surface area contributed by atoms with Gasteiger partial charge in [0.15, 0.2) is 0 Å². The molecule has 0 aromatic heterocycles. The van der Waals surface area contributed by atoms with Gasteiger partial charge in [0, 0.05) is 44.5 Å². The summed E-state index contributed by atoms with van der Waals surface area (Å²) in [5.41, 5.74) is 7.70. The second-order valence-corrected chi connectivity index (χ2v) is 8.15. The van der Waals surface area contributed by atoms with Gasteiger partial charge >= 0.3 is 0 Å². The van der Waals surface area contributed by atoms with Gasteiger partial charge in [-0.3, -0.25) is 4.79 Å². The molecule has 0 aliphatic carbocycles. The quantitative estimate of drug-likeness (QED) is 0.744. The number of hydrogen-bond donors (Lipinski definition) is 2. The molecule has 1 aliphatic rings. The minimum atomic E-state index is -3.60. The highest BCUT2D eigenvalue weighted by Crippen LogP contribution is 2.19. The van der Waals surface area contributed by atoms with Gasteiger partial charge in [-0.15, -0.1) is 0 Å². The van der Waals surface area contributed by atoms with E-state index in [1.54, 1.807) is 6.92 Å². The van der Waals surface area contributed by atoms with Crippen molar-refractivity contribution in [2.75, 3.05) is 43.4 Å². The zero-order valence-corrected chi connectivity index (χ0v) is 15.1. The van der Waals surface area contributed by atoms with Crippen molar-refractivity contribution in [3.05, 3.63) is 29.8 Å². The Bertz CT molecular complexity index is 670. The highest BCUT2D eigenvalue weighted by atomic mass is 32.2. The molecule has 1 amide bonds. The maximum Gasteiger partial charge on any atom is 0.236 e. The highest BCUT2D eigenvalue weighted by Gasteiger charge is 2.29. The zero-order valence-electron chi connectivity index (χ0n) is 14.2. The number of aryl methyl sites for hydroxylation is 1. The van der Waals surface area contributed by atoms with Crippen molar-refractivity contribution in [1.82, 2.24) is 9.62 Å². The lowest BCUT2D eigenvalue weighted by atomic mass is 10.2. The van der Waals surface area contributed by atoms with Gasteiger partial charge in [-0.2, -0.15) is 4.31 Å². The van der Waals surface area contributed by atoms with E-state index >= 15 is 0 Å². The van der Waals surface area contributed by atoms with Crippen LogP contribution >= 0.6 is 0 Å². The molecule has 1 aromatic carbocycles. The molecule has 2 rings (SSSR count). The van der Waals surface area contributed by atoms with Crippen molar-refractivity contribution in [3.8, 4) is 0 Å². The number of nitrogens with zero attached hydrogens (tertiary/aromatic N) is 2. The van der Waals surface area contributed by atoms with Crippen LogP contribution < -0.4 is 16.0 Å². The smallest absolute Gasteiger partial charge is 0.236 e. The van der Waals surface area contributed by atoms with E-state index in [0.717, 1.165) is 5.69 Å². The molecule has 0 radical (unpaired) electrons. The number of sulfonamides is 1. The van der Waals surface area contributed by atoms with Crippen LogP contribution in [0, 0.1) is 6.92 Å². The van der Waals surface area contributed by atoms with E-state index in [2.05, 4.69) is 16.3 Å². The largest absolute Gasteiger partial charge is 0.369 e. The van der Waals surface area contributed by atoms with Crippen molar-refractivity contribution in [2.24, 2.45) is 5.73 Å². The number of anilines is 1. The van der Waals surface area contributed by atoms with Gasteiger partial charge in [-0.1, -0.05) is 12.1 Å².